The summed E-state index contributed by atoms with van der Waals surface area (Å²) in [5.74, 6) is -3.05. The summed E-state index contributed by atoms with van der Waals surface area (Å²) in [6.45, 7) is 3.74. The van der Waals surface area contributed by atoms with Crippen LogP contribution in [0.25, 0.3) is 0 Å². The number of allylic oxidation sites excluding steroid dienone is 4. The van der Waals surface area contributed by atoms with Crippen LogP contribution in [0.5, 0.6) is 0 Å². The van der Waals surface area contributed by atoms with Crippen LogP contribution in [0.3, 0.4) is 0 Å². The first kappa shape index (κ1) is 15.0. The molecule has 0 atom stereocenters. The standard InChI is InChI=1S/C17H18O4/c1-11(2)8-9-17(10-12-6-4-3-5-7-12)15(20)13(18)14(19)16(17)21/h3-8,18-19H,9-10H2,1-2H3. The van der Waals surface area contributed by atoms with Gasteiger partial charge in [-0.25, -0.2) is 0 Å². The maximum absolute atomic E-state index is 12.3. The van der Waals surface area contributed by atoms with E-state index < -0.39 is 28.5 Å². The molecule has 0 unspecified atom stereocenters. The number of carbonyl (C=O) groups excluding carboxylic acids is 2. The van der Waals surface area contributed by atoms with Gasteiger partial charge in [0.15, 0.2) is 0 Å². The van der Waals surface area contributed by atoms with Crippen LogP contribution in [-0.4, -0.2) is 21.8 Å². The van der Waals surface area contributed by atoms with Crippen LogP contribution in [0.1, 0.15) is 25.8 Å². The average molecular weight is 286 g/mol. The Bertz CT molecular complexity index is 610. The first-order valence-corrected chi connectivity index (χ1v) is 6.77. The smallest absolute Gasteiger partial charge is 0.215 e. The highest BCUT2D eigenvalue weighted by molar-refractivity contribution is 6.25. The molecule has 1 aromatic rings. The van der Waals surface area contributed by atoms with Crippen molar-refractivity contribution in [3.63, 3.8) is 0 Å². The molecule has 0 amide bonds. The molecule has 0 radical (unpaired) electrons. The highest BCUT2D eigenvalue weighted by Gasteiger charge is 2.54. The summed E-state index contributed by atoms with van der Waals surface area (Å²) >= 11 is 0. The summed E-state index contributed by atoms with van der Waals surface area (Å²) < 4.78 is 0. The maximum atomic E-state index is 12.3. The van der Waals surface area contributed by atoms with E-state index in [9.17, 15) is 19.8 Å². The molecule has 110 valence electrons. The lowest BCUT2D eigenvalue weighted by Crippen LogP contribution is -2.37. The molecule has 0 saturated heterocycles. The SMILES string of the molecule is CC(C)=CCC1(Cc2ccccc2)C(=O)C(O)=C(O)C1=O. The molecular weight excluding hydrogens is 268 g/mol. The van der Waals surface area contributed by atoms with Crippen molar-refractivity contribution in [3.8, 4) is 0 Å². The van der Waals surface area contributed by atoms with Gasteiger partial charge in [-0.15, -0.1) is 0 Å². The zero-order chi connectivity index (χ0) is 15.6. The molecule has 2 rings (SSSR count). The number of carbonyl (C=O) groups is 2. The second-order valence-corrected chi connectivity index (χ2v) is 5.59. The third kappa shape index (κ3) is 2.61. The molecule has 0 aromatic heterocycles. The maximum Gasteiger partial charge on any atom is 0.215 e. The second kappa shape index (κ2) is 5.56. The monoisotopic (exact) mass is 286 g/mol. The van der Waals surface area contributed by atoms with Crippen LogP contribution in [0.4, 0.5) is 0 Å². The van der Waals surface area contributed by atoms with Crippen LogP contribution in [0, 0.1) is 5.41 Å². The molecule has 0 aliphatic heterocycles. The zero-order valence-corrected chi connectivity index (χ0v) is 12.1. The molecule has 0 fully saturated rings. The number of aliphatic hydroxyl groups excluding tert-OH is 2. The number of hydrogen-bond acceptors (Lipinski definition) is 4. The topological polar surface area (TPSA) is 74.6 Å². The van der Waals surface area contributed by atoms with Crippen molar-refractivity contribution in [2.45, 2.75) is 26.7 Å². The van der Waals surface area contributed by atoms with Crippen LogP contribution >= 0.6 is 0 Å². The van der Waals surface area contributed by atoms with Crippen LogP contribution in [-0.2, 0) is 16.0 Å². The molecule has 0 saturated carbocycles. The summed E-state index contributed by atoms with van der Waals surface area (Å²) in [6, 6.07) is 9.12. The van der Waals surface area contributed by atoms with Crippen molar-refractivity contribution in [2.75, 3.05) is 0 Å². The predicted molar refractivity (Wildman–Crippen MR) is 78.9 cm³/mol. The first-order chi connectivity index (χ1) is 9.88. The van der Waals surface area contributed by atoms with Crippen molar-refractivity contribution in [2.24, 2.45) is 5.41 Å². The molecule has 0 heterocycles. The molecule has 1 aliphatic carbocycles. The Morgan fingerprint density at radius 3 is 2.05 bits per heavy atom. The Hall–Kier alpha value is -2.36. The van der Waals surface area contributed by atoms with E-state index in [1.807, 2.05) is 44.2 Å². The van der Waals surface area contributed by atoms with Crippen LogP contribution in [0.2, 0.25) is 0 Å². The van der Waals surface area contributed by atoms with Crippen molar-refractivity contribution >= 4 is 11.6 Å². The first-order valence-electron chi connectivity index (χ1n) is 6.77. The summed E-state index contributed by atoms with van der Waals surface area (Å²) in [6.07, 6.45) is 2.10. The van der Waals surface area contributed by atoms with Gasteiger partial charge in [0.1, 0.15) is 5.41 Å². The van der Waals surface area contributed by atoms with Crippen molar-refractivity contribution in [1.82, 2.24) is 0 Å². The molecule has 4 heteroatoms. The number of Topliss-reactive ketones (excluding diaryl/α,β-unsaturated/α-hetero) is 2. The lowest BCUT2D eigenvalue weighted by molar-refractivity contribution is -0.135. The molecule has 1 aromatic carbocycles. The van der Waals surface area contributed by atoms with Gasteiger partial charge in [0.05, 0.1) is 0 Å². The molecule has 0 bridgehead atoms. The largest absolute Gasteiger partial charge is 0.502 e. The van der Waals surface area contributed by atoms with Crippen molar-refractivity contribution < 1.29 is 19.8 Å². The van der Waals surface area contributed by atoms with E-state index in [4.69, 9.17) is 0 Å². The normalized spacial score (nSPS) is 17.2. The van der Waals surface area contributed by atoms with Crippen LogP contribution < -0.4 is 0 Å². The minimum Gasteiger partial charge on any atom is -0.502 e. The second-order valence-electron chi connectivity index (χ2n) is 5.59. The van der Waals surface area contributed by atoms with Crippen LogP contribution in [0.15, 0.2) is 53.5 Å². The van der Waals surface area contributed by atoms with Gasteiger partial charge in [-0.3, -0.25) is 9.59 Å². The van der Waals surface area contributed by atoms with E-state index in [1.165, 1.54) is 0 Å². The van der Waals surface area contributed by atoms with E-state index in [0.29, 0.717) is 0 Å². The van der Waals surface area contributed by atoms with Crippen molar-refractivity contribution in [1.29, 1.82) is 0 Å². The van der Waals surface area contributed by atoms with E-state index in [-0.39, 0.29) is 12.8 Å². The fourth-order valence-electron chi connectivity index (χ4n) is 2.51. The number of rotatable bonds is 4. The fraction of sp³-hybridized carbons (Fsp3) is 0.294. The summed E-state index contributed by atoms with van der Waals surface area (Å²) in [5, 5.41) is 19.3. The summed E-state index contributed by atoms with van der Waals surface area (Å²) in [5.41, 5.74) is 0.338. The third-order valence-electron chi connectivity index (χ3n) is 3.73. The number of ketones is 2. The zero-order valence-electron chi connectivity index (χ0n) is 12.1. The lowest BCUT2D eigenvalue weighted by atomic mass is 9.74. The summed E-state index contributed by atoms with van der Waals surface area (Å²) in [4.78, 5) is 24.7. The molecular formula is C17H18O4. The van der Waals surface area contributed by atoms with E-state index in [2.05, 4.69) is 0 Å². The van der Waals surface area contributed by atoms with Gasteiger partial charge >= 0.3 is 0 Å². The van der Waals surface area contributed by atoms with Gasteiger partial charge < -0.3 is 10.2 Å². The third-order valence-corrected chi connectivity index (χ3v) is 3.73. The van der Waals surface area contributed by atoms with Gasteiger partial charge in [-0.05, 0) is 32.3 Å². The summed E-state index contributed by atoms with van der Waals surface area (Å²) in [7, 11) is 0. The fourth-order valence-corrected chi connectivity index (χ4v) is 2.51. The van der Waals surface area contributed by atoms with E-state index in [1.54, 1.807) is 6.08 Å². The quantitative estimate of drug-likeness (QED) is 0.659. The lowest BCUT2D eigenvalue weighted by Gasteiger charge is -2.24. The number of hydrogen-bond donors (Lipinski definition) is 2. The van der Waals surface area contributed by atoms with Gasteiger partial charge in [0.25, 0.3) is 0 Å². The predicted octanol–water partition coefficient (Wildman–Crippen LogP) is 3.05. The number of benzene rings is 1. The Labute approximate surface area is 123 Å². The number of aliphatic hydroxyl groups is 2. The minimum absolute atomic E-state index is 0.156. The molecule has 4 nitrogen and oxygen atoms in total. The van der Waals surface area contributed by atoms with Gasteiger partial charge in [0.2, 0.25) is 23.1 Å². The molecule has 21 heavy (non-hydrogen) atoms. The Morgan fingerprint density at radius 1 is 1.05 bits per heavy atom. The average Bonchev–Trinajstić information content (AvgIpc) is 2.62. The highest BCUT2D eigenvalue weighted by Crippen LogP contribution is 2.40. The van der Waals surface area contributed by atoms with Gasteiger partial charge in [-0.2, -0.15) is 0 Å². The minimum atomic E-state index is -1.44. The highest BCUT2D eigenvalue weighted by atomic mass is 16.3. The Balaban J connectivity index is 2.44. The molecule has 2 N–H and O–H groups in total. The Kier molecular flexibility index (Phi) is 3.98. The Morgan fingerprint density at radius 2 is 1.57 bits per heavy atom. The van der Waals surface area contributed by atoms with Gasteiger partial charge in [-0.1, -0.05) is 42.0 Å². The molecule has 0 spiro atoms. The van der Waals surface area contributed by atoms with E-state index in [0.717, 1.165) is 11.1 Å². The van der Waals surface area contributed by atoms with Crippen molar-refractivity contribution in [3.05, 3.63) is 59.1 Å². The molecule has 1 aliphatic rings. The van der Waals surface area contributed by atoms with E-state index >= 15 is 0 Å². The van der Waals surface area contributed by atoms with Gasteiger partial charge in [0, 0.05) is 0 Å².